The minimum absolute atomic E-state index is 0.459. The zero-order valence-electron chi connectivity index (χ0n) is 9.58. The highest BCUT2D eigenvalue weighted by atomic mass is 16.5. The van der Waals surface area contributed by atoms with Crippen molar-refractivity contribution in [3.8, 4) is 0 Å². The minimum Gasteiger partial charge on any atom is -0.381 e. The average Bonchev–Trinajstić information content (AvgIpc) is 2.30. The molecule has 15 heavy (non-hydrogen) atoms. The predicted octanol–water partition coefficient (Wildman–Crippen LogP) is 1.27. The van der Waals surface area contributed by atoms with Crippen molar-refractivity contribution in [3.05, 3.63) is 0 Å². The van der Waals surface area contributed by atoms with Crippen molar-refractivity contribution in [3.63, 3.8) is 0 Å². The van der Waals surface area contributed by atoms with Crippen molar-refractivity contribution < 1.29 is 4.74 Å². The van der Waals surface area contributed by atoms with Crippen molar-refractivity contribution >= 4 is 0 Å². The van der Waals surface area contributed by atoms with Crippen molar-refractivity contribution in [2.75, 3.05) is 19.8 Å². The van der Waals surface area contributed by atoms with Gasteiger partial charge in [-0.15, -0.1) is 0 Å². The molecule has 0 aromatic carbocycles. The fourth-order valence-electron chi connectivity index (χ4n) is 2.63. The maximum absolute atomic E-state index is 5.89. The lowest BCUT2D eigenvalue weighted by molar-refractivity contribution is 0.0532. The maximum Gasteiger partial charge on any atom is 0.0506 e. The van der Waals surface area contributed by atoms with Crippen LogP contribution >= 0.6 is 0 Å². The summed E-state index contributed by atoms with van der Waals surface area (Å²) in [5, 5.41) is 3.68. The number of hydrogen-bond acceptors (Lipinski definition) is 3. The van der Waals surface area contributed by atoms with E-state index in [2.05, 4.69) is 5.32 Å². The third-order valence-corrected chi connectivity index (χ3v) is 3.72. The molecule has 1 saturated carbocycles. The highest BCUT2D eigenvalue weighted by molar-refractivity contribution is 4.79. The van der Waals surface area contributed by atoms with Gasteiger partial charge in [-0.2, -0.15) is 0 Å². The third kappa shape index (κ3) is 3.74. The van der Waals surface area contributed by atoms with Crippen LogP contribution in [0.3, 0.4) is 0 Å². The van der Waals surface area contributed by atoms with Crippen LogP contribution in [0.2, 0.25) is 0 Å². The van der Waals surface area contributed by atoms with Crippen LogP contribution in [0, 0.1) is 5.92 Å². The first-order valence-corrected chi connectivity index (χ1v) is 6.41. The molecule has 1 atom stereocenters. The fourth-order valence-corrected chi connectivity index (χ4v) is 2.63. The van der Waals surface area contributed by atoms with E-state index in [-0.39, 0.29) is 0 Å². The van der Waals surface area contributed by atoms with E-state index in [0.717, 1.165) is 25.7 Å². The van der Waals surface area contributed by atoms with E-state index >= 15 is 0 Å². The molecule has 3 nitrogen and oxygen atoms in total. The molecule has 1 unspecified atom stereocenters. The SMILES string of the molecule is NC1CCC(NCC2CCCOC2)CC1. The van der Waals surface area contributed by atoms with E-state index in [9.17, 15) is 0 Å². The lowest BCUT2D eigenvalue weighted by Crippen LogP contribution is -2.40. The van der Waals surface area contributed by atoms with E-state index in [1.165, 1.54) is 38.5 Å². The number of ether oxygens (including phenoxy) is 1. The van der Waals surface area contributed by atoms with Gasteiger partial charge in [-0.05, 0) is 44.4 Å². The van der Waals surface area contributed by atoms with Crippen LogP contribution in [0.5, 0.6) is 0 Å². The van der Waals surface area contributed by atoms with Gasteiger partial charge in [-0.25, -0.2) is 0 Å². The van der Waals surface area contributed by atoms with Gasteiger partial charge in [0.25, 0.3) is 0 Å². The summed E-state index contributed by atoms with van der Waals surface area (Å²) in [6.45, 7) is 3.06. The van der Waals surface area contributed by atoms with Crippen LogP contribution in [0.4, 0.5) is 0 Å². The van der Waals surface area contributed by atoms with Gasteiger partial charge < -0.3 is 15.8 Å². The molecule has 2 aliphatic rings. The van der Waals surface area contributed by atoms with Crippen LogP contribution in [-0.2, 0) is 4.74 Å². The lowest BCUT2D eigenvalue weighted by Gasteiger charge is -2.29. The van der Waals surface area contributed by atoms with Crippen LogP contribution in [-0.4, -0.2) is 31.8 Å². The van der Waals surface area contributed by atoms with Crippen LogP contribution < -0.4 is 11.1 Å². The van der Waals surface area contributed by atoms with E-state index in [4.69, 9.17) is 10.5 Å². The predicted molar refractivity (Wildman–Crippen MR) is 61.8 cm³/mol. The molecule has 3 heteroatoms. The first-order chi connectivity index (χ1) is 7.34. The van der Waals surface area contributed by atoms with Gasteiger partial charge in [-0.3, -0.25) is 0 Å². The second-order valence-corrected chi connectivity index (χ2v) is 5.10. The summed E-state index contributed by atoms with van der Waals surface area (Å²) >= 11 is 0. The van der Waals surface area contributed by atoms with Crippen molar-refractivity contribution in [2.24, 2.45) is 11.7 Å². The number of hydrogen-bond donors (Lipinski definition) is 2. The molecular formula is C12H24N2O. The summed E-state index contributed by atoms with van der Waals surface area (Å²) in [6.07, 6.45) is 7.47. The Morgan fingerprint density at radius 2 is 1.93 bits per heavy atom. The van der Waals surface area contributed by atoms with Gasteiger partial charge in [0.05, 0.1) is 6.61 Å². The zero-order valence-corrected chi connectivity index (χ0v) is 9.58. The summed E-state index contributed by atoms with van der Waals surface area (Å²) in [6, 6.07) is 1.17. The molecule has 0 spiro atoms. The second-order valence-electron chi connectivity index (χ2n) is 5.10. The first kappa shape index (κ1) is 11.4. The van der Waals surface area contributed by atoms with Crippen LogP contribution in [0.25, 0.3) is 0 Å². The van der Waals surface area contributed by atoms with Gasteiger partial charge in [-0.1, -0.05) is 0 Å². The van der Waals surface area contributed by atoms with E-state index in [1.807, 2.05) is 0 Å². The number of nitrogens with two attached hydrogens (primary N) is 1. The van der Waals surface area contributed by atoms with Crippen molar-refractivity contribution in [1.29, 1.82) is 0 Å². The topological polar surface area (TPSA) is 47.3 Å². The molecule has 1 saturated heterocycles. The molecule has 0 radical (unpaired) electrons. The lowest BCUT2D eigenvalue weighted by atomic mass is 9.91. The fraction of sp³-hybridized carbons (Fsp3) is 1.00. The molecule has 1 aliphatic heterocycles. The van der Waals surface area contributed by atoms with Gasteiger partial charge in [0.1, 0.15) is 0 Å². The molecular weight excluding hydrogens is 188 g/mol. The quantitative estimate of drug-likeness (QED) is 0.740. The molecule has 0 aromatic rings. The number of rotatable bonds is 3. The molecule has 1 aliphatic carbocycles. The van der Waals surface area contributed by atoms with Gasteiger partial charge in [0, 0.05) is 25.2 Å². The summed E-state index contributed by atoms with van der Waals surface area (Å²) < 4.78 is 5.48. The summed E-state index contributed by atoms with van der Waals surface area (Å²) in [4.78, 5) is 0. The third-order valence-electron chi connectivity index (χ3n) is 3.72. The molecule has 0 bridgehead atoms. The van der Waals surface area contributed by atoms with Crippen LogP contribution in [0.15, 0.2) is 0 Å². The Labute approximate surface area is 92.7 Å². The van der Waals surface area contributed by atoms with Crippen molar-refractivity contribution in [2.45, 2.75) is 50.6 Å². The summed E-state index contributed by atoms with van der Waals surface area (Å²) in [5.41, 5.74) is 5.89. The molecule has 1 heterocycles. The smallest absolute Gasteiger partial charge is 0.0506 e. The first-order valence-electron chi connectivity index (χ1n) is 6.41. The normalized spacial score (nSPS) is 37.8. The highest BCUT2D eigenvalue weighted by Gasteiger charge is 2.20. The molecule has 2 fully saturated rings. The largest absolute Gasteiger partial charge is 0.381 e. The molecule has 0 aromatic heterocycles. The Bertz CT molecular complexity index is 172. The van der Waals surface area contributed by atoms with Gasteiger partial charge in [0.2, 0.25) is 0 Å². The van der Waals surface area contributed by atoms with Gasteiger partial charge >= 0.3 is 0 Å². The Morgan fingerprint density at radius 1 is 1.13 bits per heavy atom. The molecule has 3 N–H and O–H groups in total. The number of nitrogens with one attached hydrogen (secondary N) is 1. The summed E-state index contributed by atoms with van der Waals surface area (Å²) in [5.74, 6) is 0.745. The Morgan fingerprint density at radius 3 is 2.60 bits per heavy atom. The molecule has 2 rings (SSSR count). The van der Waals surface area contributed by atoms with E-state index in [0.29, 0.717) is 12.1 Å². The Kier molecular flexibility index (Phi) is 4.42. The monoisotopic (exact) mass is 212 g/mol. The van der Waals surface area contributed by atoms with E-state index < -0.39 is 0 Å². The second kappa shape index (κ2) is 5.83. The molecule has 0 amide bonds. The van der Waals surface area contributed by atoms with Gasteiger partial charge in [0.15, 0.2) is 0 Å². The zero-order chi connectivity index (χ0) is 10.5. The van der Waals surface area contributed by atoms with Crippen molar-refractivity contribution in [1.82, 2.24) is 5.32 Å². The highest BCUT2D eigenvalue weighted by Crippen LogP contribution is 2.18. The van der Waals surface area contributed by atoms with Crippen LogP contribution in [0.1, 0.15) is 38.5 Å². The summed E-state index contributed by atoms with van der Waals surface area (Å²) in [7, 11) is 0. The minimum atomic E-state index is 0.459. The Balaban J connectivity index is 1.60. The average molecular weight is 212 g/mol. The van der Waals surface area contributed by atoms with E-state index in [1.54, 1.807) is 0 Å². The standard InChI is InChI=1S/C12H24N2O/c13-11-3-5-12(6-4-11)14-8-10-2-1-7-15-9-10/h10-12,14H,1-9,13H2. The molecule has 88 valence electrons. The maximum atomic E-state index is 5.89. The Hall–Kier alpha value is -0.120.